The van der Waals surface area contributed by atoms with E-state index in [9.17, 15) is 19.6 Å². The molecule has 8 nitrogen and oxygen atoms in total. The molecular formula is C19H14FN5O3. The van der Waals surface area contributed by atoms with E-state index in [4.69, 9.17) is 4.74 Å². The first kappa shape index (κ1) is 18.6. The first-order valence-corrected chi connectivity index (χ1v) is 7.99. The number of aromatic nitrogens is 2. The van der Waals surface area contributed by atoms with Crippen LogP contribution in [-0.4, -0.2) is 28.4 Å². The van der Waals surface area contributed by atoms with Crippen LogP contribution in [0.3, 0.4) is 0 Å². The number of methoxy groups -OCH3 is 1. The second-order valence-electron chi connectivity index (χ2n) is 5.53. The van der Waals surface area contributed by atoms with E-state index in [1.54, 1.807) is 30.3 Å². The third kappa shape index (κ3) is 3.81. The number of rotatable bonds is 5. The zero-order valence-corrected chi connectivity index (χ0v) is 14.6. The number of nitrogens with one attached hydrogen (secondary N) is 2. The topological polar surface area (TPSA) is 123 Å². The van der Waals surface area contributed by atoms with Crippen LogP contribution in [0.1, 0.15) is 11.1 Å². The number of aromatic amines is 1. The highest BCUT2D eigenvalue weighted by molar-refractivity contribution is 5.85. The summed E-state index contributed by atoms with van der Waals surface area (Å²) in [6.07, 6.45) is 1.14. The highest BCUT2D eigenvalue weighted by Gasteiger charge is 2.13. The van der Waals surface area contributed by atoms with Crippen LogP contribution in [0.25, 0.3) is 11.3 Å². The maximum atomic E-state index is 13.6. The normalized spacial score (nSPS) is 10.6. The molecule has 0 unspecified atom stereocenters. The van der Waals surface area contributed by atoms with Crippen molar-refractivity contribution in [2.24, 2.45) is 5.10 Å². The number of halogens is 1. The Labute approximate surface area is 158 Å². The van der Waals surface area contributed by atoms with Crippen LogP contribution in [0.15, 0.2) is 52.4 Å². The highest BCUT2D eigenvalue weighted by atomic mass is 19.1. The van der Waals surface area contributed by atoms with E-state index < -0.39 is 11.4 Å². The van der Waals surface area contributed by atoms with Gasteiger partial charge in [-0.15, -0.1) is 0 Å². The minimum Gasteiger partial charge on any atom is -0.504 e. The van der Waals surface area contributed by atoms with Crippen molar-refractivity contribution in [3.8, 4) is 28.8 Å². The van der Waals surface area contributed by atoms with E-state index in [0.717, 1.165) is 18.3 Å². The molecule has 1 heterocycles. The lowest BCUT2D eigenvalue weighted by Crippen LogP contribution is -2.16. The maximum absolute atomic E-state index is 13.6. The number of hydrogen-bond acceptors (Lipinski definition) is 7. The van der Waals surface area contributed by atoms with Gasteiger partial charge in [0.25, 0.3) is 5.56 Å². The molecular weight excluding hydrogens is 365 g/mol. The van der Waals surface area contributed by atoms with Crippen molar-refractivity contribution in [1.82, 2.24) is 9.97 Å². The molecule has 3 aromatic rings. The average Bonchev–Trinajstić information content (AvgIpc) is 2.70. The lowest BCUT2D eigenvalue weighted by molar-refractivity contribution is 0.370. The smallest absolute Gasteiger partial charge is 0.270 e. The van der Waals surface area contributed by atoms with Crippen LogP contribution in [0.4, 0.5) is 10.3 Å². The number of nitrogens with zero attached hydrogens (tertiary/aromatic N) is 3. The Balaban J connectivity index is 1.93. The van der Waals surface area contributed by atoms with E-state index >= 15 is 0 Å². The van der Waals surface area contributed by atoms with Crippen LogP contribution in [0.2, 0.25) is 0 Å². The summed E-state index contributed by atoms with van der Waals surface area (Å²) < 4.78 is 18.4. The van der Waals surface area contributed by atoms with Crippen molar-refractivity contribution in [2.45, 2.75) is 0 Å². The van der Waals surface area contributed by atoms with Crippen LogP contribution in [-0.2, 0) is 0 Å². The SMILES string of the molecule is COc1cc(F)cc(C=NNc2nc(-c3ccccc3)c(C#N)c(=O)[nH]2)c1O. The van der Waals surface area contributed by atoms with Gasteiger partial charge in [-0.2, -0.15) is 10.4 Å². The number of phenols is 1. The van der Waals surface area contributed by atoms with Crippen LogP contribution >= 0.6 is 0 Å². The van der Waals surface area contributed by atoms with Crippen molar-refractivity contribution in [2.75, 3.05) is 12.5 Å². The fourth-order valence-electron chi connectivity index (χ4n) is 2.45. The number of H-pyrrole nitrogens is 1. The molecule has 0 aliphatic rings. The Morgan fingerprint density at radius 1 is 1.36 bits per heavy atom. The van der Waals surface area contributed by atoms with Crippen molar-refractivity contribution in [3.05, 3.63) is 69.8 Å². The molecule has 3 rings (SSSR count). The monoisotopic (exact) mass is 379 g/mol. The van der Waals surface area contributed by atoms with Gasteiger partial charge in [0, 0.05) is 17.2 Å². The molecule has 0 fully saturated rings. The summed E-state index contributed by atoms with van der Waals surface area (Å²) in [5.41, 5.74) is 2.57. The Hall–Kier alpha value is -4.19. The van der Waals surface area contributed by atoms with Gasteiger partial charge in [0.15, 0.2) is 11.5 Å². The van der Waals surface area contributed by atoms with Gasteiger partial charge in [0.2, 0.25) is 5.95 Å². The molecule has 2 aromatic carbocycles. The fourth-order valence-corrected chi connectivity index (χ4v) is 2.45. The van der Waals surface area contributed by atoms with Gasteiger partial charge in [-0.05, 0) is 6.07 Å². The number of hydrazone groups is 1. The van der Waals surface area contributed by atoms with Gasteiger partial charge in [-0.3, -0.25) is 9.78 Å². The molecule has 0 saturated carbocycles. The Morgan fingerprint density at radius 2 is 2.11 bits per heavy atom. The fraction of sp³-hybridized carbons (Fsp3) is 0.0526. The third-order valence-corrected chi connectivity index (χ3v) is 3.74. The maximum Gasteiger partial charge on any atom is 0.270 e. The van der Waals surface area contributed by atoms with Crippen molar-refractivity contribution < 1.29 is 14.2 Å². The molecule has 28 heavy (non-hydrogen) atoms. The van der Waals surface area contributed by atoms with Crippen molar-refractivity contribution in [1.29, 1.82) is 5.26 Å². The predicted octanol–water partition coefficient (Wildman–Crippen LogP) is 2.61. The molecule has 1 aromatic heterocycles. The summed E-state index contributed by atoms with van der Waals surface area (Å²) >= 11 is 0. The third-order valence-electron chi connectivity index (χ3n) is 3.74. The van der Waals surface area contributed by atoms with Gasteiger partial charge in [0.1, 0.15) is 17.4 Å². The number of phenolic OH excluding ortho intramolecular Hbond substituents is 1. The summed E-state index contributed by atoms with van der Waals surface area (Å²) in [6, 6.07) is 12.7. The average molecular weight is 379 g/mol. The number of anilines is 1. The predicted molar refractivity (Wildman–Crippen MR) is 101 cm³/mol. The number of ether oxygens (including phenoxy) is 1. The first-order valence-electron chi connectivity index (χ1n) is 7.99. The Kier molecular flexibility index (Phi) is 5.32. The molecule has 140 valence electrons. The minimum atomic E-state index is -0.635. The quantitative estimate of drug-likeness (QED) is 0.462. The molecule has 0 spiro atoms. The molecule has 9 heteroatoms. The molecule has 0 radical (unpaired) electrons. The van der Waals surface area contributed by atoms with Crippen LogP contribution in [0, 0.1) is 17.1 Å². The highest BCUT2D eigenvalue weighted by Crippen LogP contribution is 2.29. The van der Waals surface area contributed by atoms with E-state index in [-0.39, 0.29) is 34.3 Å². The number of aromatic hydroxyl groups is 1. The zero-order valence-electron chi connectivity index (χ0n) is 14.6. The minimum absolute atomic E-state index is 0.0260. The van der Waals surface area contributed by atoms with E-state index in [1.165, 1.54) is 7.11 Å². The number of benzene rings is 2. The van der Waals surface area contributed by atoms with Gasteiger partial charge < -0.3 is 9.84 Å². The Bertz CT molecular complexity index is 1140. The lowest BCUT2D eigenvalue weighted by atomic mass is 10.1. The molecule has 0 saturated heterocycles. The van der Waals surface area contributed by atoms with Crippen LogP contribution < -0.4 is 15.7 Å². The molecule has 0 atom stereocenters. The molecule has 0 aliphatic heterocycles. The van der Waals surface area contributed by atoms with Gasteiger partial charge in [-0.1, -0.05) is 30.3 Å². The van der Waals surface area contributed by atoms with Gasteiger partial charge in [0.05, 0.1) is 19.0 Å². The first-order chi connectivity index (χ1) is 13.5. The summed E-state index contributed by atoms with van der Waals surface area (Å²) in [4.78, 5) is 18.8. The number of hydrogen-bond donors (Lipinski definition) is 3. The second-order valence-corrected chi connectivity index (χ2v) is 5.53. The number of nitriles is 1. The summed E-state index contributed by atoms with van der Waals surface area (Å²) in [5, 5.41) is 23.1. The van der Waals surface area contributed by atoms with Crippen LogP contribution in [0.5, 0.6) is 11.5 Å². The van der Waals surface area contributed by atoms with E-state index in [1.807, 2.05) is 6.07 Å². The summed E-state index contributed by atoms with van der Waals surface area (Å²) in [6.45, 7) is 0. The summed E-state index contributed by atoms with van der Waals surface area (Å²) in [7, 11) is 1.30. The molecule has 0 bridgehead atoms. The van der Waals surface area contributed by atoms with Crippen molar-refractivity contribution in [3.63, 3.8) is 0 Å². The molecule has 0 aliphatic carbocycles. The second kappa shape index (κ2) is 8.01. The van der Waals surface area contributed by atoms with Crippen molar-refractivity contribution >= 4 is 12.2 Å². The molecule has 0 amide bonds. The van der Waals surface area contributed by atoms with E-state index in [0.29, 0.717) is 5.56 Å². The standard InChI is InChI=1S/C19H14FN5O3/c1-28-15-8-13(20)7-12(17(15)26)10-22-25-19-23-16(11-5-3-2-4-6-11)14(9-21)18(27)24-19/h2-8,10,26H,1H3,(H2,23,24,25,27). The summed E-state index contributed by atoms with van der Waals surface area (Å²) in [5.74, 6) is -0.979. The Morgan fingerprint density at radius 3 is 2.79 bits per heavy atom. The van der Waals surface area contributed by atoms with Gasteiger partial charge >= 0.3 is 0 Å². The lowest BCUT2D eigenvalue weighted by Gasteiger charge is -2.07. The zero-order chi connectivity index (χ0) is 20.1. The molecule has 3 N–H and O–H groups in total. The van der Waals surface area contributed by atoms with Gasteiger partial charge in [-0.25, -0.2) is 14.8 Å². The largest absolute Gasteiger partial charge is 0.504 e. The van der Waals surface area contributed by atoms with E-state index in [2.05, 4.69) is 20.5 Å².